The van der Waals surface area contributed by atoms with Gasteiger partial charge in [0.15, 0.2) is 0 Å². The van der Waals surface area contributed by atoms with Gasteiger partial charge in [-0.25, -0.2) is 0 Å². The van der Waals surface area contributed by atoms with Gasteiger partial charge in [0.2, 0.25) is 0 Å². The Kier molecular flexibility index (Phi) is 7.12. The van der Waals surface area contributed by atoms with E-state index in [-0.39, 0.29) is 34.7 Å². The lowest BCUT2D eigenvalue weighted by atomic mass is 9.86. The van der Waals surface area contributed by atoms with Crippen LogP contribution in [0.4, 0.5) is 0 Å². The zero-order valence-corrected chi connectivity index (χ0v) is 20.4. The number of amides is 2. The standard InChI is InChI=1S/C28H38N2O2/c1-27(2,3)21-15-11-19(12-16-21)25(31)29-23-9-7-8-10-24(23)30-26(32)20-13-17-22(18-14-20)28(4,5)6/h11-18,23-24H,7-10H2,1-6H3,(H,29,31)(H,30,32). The van der Waals surface area contributed by atoms with Crippen LogP contribution in [0.25, 0.3) is 0 Å². The summed E-state index contributed by atoms with van der Waals surface area (Å²) in [5, 5.41) is 6.35. The van der Waals surface area contributed by atoms with Crippen molar-refractivity contribution in [3.05, 3.63) is 70.8 Å². The summed E-state index contributed by atoms with van der Waals surface area (Å²) < 4.78 is 0. The Morgan fingerprint density at radius 3 is 1.22 bits per heavy atom. The second-order valence-corrected chi connectivity index (χ2v) is 11.1. The Morgan fingerprint density at radius 2 is 0.938 bits per heavy atom. The predicted molar refractivity (Wildman–Crippen MR) is 131 cm³/mol. The summed E-state index contributed by atoms with van der Waals surface area (Å²) in [5.41, 5.74) is 3.83. The molecule has 0 bridgehead atoms. The molecule has 2 atom stereocenters. The topological polar surface area (TPSA) is 58.2 Å². The van der Waals surface area contributed by atoms with Gasteiger partial charge in [0.05, 0.1) is 0 Å². The second kappa shape index (κ2) is 9.48. The van der Waals surface area contributed by atoms with Gasteiger partial charge >= 0.3 is 0 Å². The van der Waals surface area contributed by atoms with Gasteiger partial charge in [-0.05, 0) is 59.1 Å². The summed E-state index contributed by atoms with van der Waals surface area (Å²) in [6, 6.07) is 15.5. The zero-order valence-electron chi connectivity index (χ0n) is 20.4. The molecule has 0 radical (unpaired) electrons. The highest BCUT2D eigenvalue weighted by Crippen LogP contribution is 2.24. The van der Waals surface area contributed by atoms with Crippen LogP contribution < -0.4 is 10.6 Å². The molecule has 4 heteroatoms. The monoisotopic (exact) mass is 434 g/mol. The third kappa shape index (κ3) is 5.99. The maximum atomic E-state index is 12.9. The number of carbonyl (C=O) groups is 2. The van der Waals surface area contributed by atoms with E-state index in [0.717, 1.165) is 25.7 Å². The number of rotatable bonds is 4. The molecule has 2 aromatic carbocycles. The van der Waals surface area contributed by atoms with E-state index in [9.17, 15) is 9.59 Å². The fraction of sp³-hybridized carbons (Fsp3) is 0.500. The minimum absolute atomic E-state index is 0.0544. The van der Waals surface area contributed by atoms with Gasteiger partial charge in [0, 0.05) is 23.2 Å². The van der Waals surface area contributed by atoms with E-state index in [4.69, 9.17) is 0 Å². The molecule has 2 N–H and O–H groups in total. The lowest BCUT2D eigenvalue weighted by molar-refractivity contribution is 0.0863. The molecule has 2 aromatic rings. The molecule has 2 unspecified atom stereocenters. The average molecular weight is 435 g/mol. The number of nitrogens with one attached hydrogen (secondary N) is 2. The van der Waals surface area contributed by atoms with Gasteiger partial charge in [-0.15, -0.1) is 0 Å². The van der Waals surface area contributed by atoms with Crippen LogP contribution in [0.3, 0.4) is 0 Å². The fourth-order valence-corrected chi connectivity index (χ4v) is 4.22. The largest absolute Gasteiger partial charge is 0.347 e. The van der Waals surface area contributed by atoms with Crippen molar-refractivity contribution in [2.75, 3.05) is 0 Å². The summed E-state index contributed by atoms with van der Waals surface area (Å²) in [6.45, 7) is 13.0. The van der Waals surface area contributed by atoms with Crippen molar-refractivity contribution in [1.29, 1.82) is 0 Å². The van der Waals surface area contributed by atoms with Gasteiger partial charge < -0.3 is 10.6 Å². The molecule has 1 saturated carbocycles. The van der Waals surface area contributed by atoms with Crippen LogP contribution in [0.2, 0.25) is 0 Å². The van der Waals surface area contributed by atoms with Crippen molar-refractivity contribution in [2.24, 2.45) is 0 Å². The molecule has 0 aliphatic heterocycles. The molecule has 0 spiro atoms. The highest BCUT2D eigenvalue weighted by atomic mass is 16.2. The van der Waals surface area contributed by atoms with Crippen molar-refractivity contribution in [3.8, 4) is 0 Å². The minimum Gasteiger partial charge on any atom is -0.347 e. The number of benzene rings is 2. The van der Waals surface area contributed by atoms with E-state index in [1.165, 1.54) is 11.1 Å². The van der Waals surface area contributed by atoms with Crippen molar-refractivity contribution in [2.45, 2.75) is 90.1 Å². The van der Waals surface area contributed by atoms with Crippen LogP contribution in [0, 0.1) is 0 Å². The lowest BCUT2D eigenvalue weighted by Crippen LogP contribution is -2.53. The molecule has 3 rings (SSSR count). The fourth-order valence-electron chi connectivity index (χ4n) is 4.22. The Hall–Kier alpha value is -2.62. The Bertz CT molecular complexity index is 852. The summed E-state index contributed by atoms with van der Waals surface area (Å²) in [5.74, 6) is -0.155. The first kappa shape index (κ1) is 24.0. The normalized spacial score (nSPS) is 19.3. The first-order chi connectivity index (χ1) is 14.9. The van der Waals surface area contributed by atoms with Gasteiger partial charge in [0.1, 0.15) is 0 Å². The molecule has 4 nitrogen and oxygen atoms in total. The lowest BCUT2D eigenvalue weighted by Gasteiger charge is -2.33. The van der Waals surface area contributed by atoms with E-state index >= 15 is 0 Å². The summed E-state index contributed by atoms with van der Waals surface area (Å²) >= 11 is 0. The second-order valence-electron chi connectivity index (χ2n) is 11.1. The van der Waals surface area contributed by atoms with Crippen molar-refractivity contribution in [1.82, 2.24) is 10.6 Å². The molecule has 0 saturated heterocycles. The molecule has 32 heavy (non-hydrogen) atoms. The molecule has 1 aliphatic carbocycles. The van der Waals surface area contributed by atoms with Crippen molar-refractivity contribution in [3.63, 3.8) is 0 Å². The highest BCUT2D eigenvalue weighted by molar-refractivity contribution is 5.95. The SMILES string of the molecule is CC(C)(C)c1ccc(C(=O)NC2CCCCC2NC(=O)c2ccc(C(C)(C)C)cc2)cc1. The van der Waals surface area contributed by atoms with Gasteiger partial charge in [-0.1, -0.05) is 78.6 Å². The van der Waals surface area contributed by atoms with Crippen molar-refractivity contribution < 1.29 is 9.59 Å². The van der Waals surface area contributed by atoms with Crippen LogP contribution in [-0.2, 0) is 10.8 Å². The summed E-state index contributed by atoms with van der Waals surface area (Å²) in [4.78, 5) is 25.8. The average Bonchev–Trinajstić information content (AvgIpc) is 2.74. The molecular weight excluding hydrogens is 396 g/mol. The van der Waals surface area contributed by atoms with E-state index in [1.54, 1.807) is 0 Å². The zero-order chi connectivity index (χ0) is 23.5. The molecule has 0 aromatic heterocycles. The molecule has 1 fully saturated rings. The van der Waals surface area contributed by atoms with Crippen LogP contribution in [0.5, 0.6) is 0 Å². The van der Waals surface area contributed by atoms with Crippen LogP contribution in [0.15, 0.2) is 48.5 Å². The Morgan fingerprint density at radius 1 is 0.625 bits per heavy atom. The maximum Gasteiger partial charge on any atom is 0.251 e. The first-order valence-electron chi connectivity index (χ1n) is 11.8. The van der Waals surface area contributed by atoms with Gasteiger partial charge in [-0.3, -0.25) is 9.59 Å². The van der Waals surface area contributed by atoms with E-state index in [2.05, 4.69) is 52.2 Å². The third-order valence-corrected chi connectivity index (χ3v) is 6.43. The molecular formula is C28H38N2O2. The number of hydrogen-bond acceptors (Lipinski definition) is 2. The molecule has 172 valence electrons. The van der Waals surface area contributed by atoms with Gasteiger partial charge in [-0.2, -0.15) is 0 Å². The van der Waals surface area contributed by atoms with Crippen molar-refractivity contribution >= 4 is 11.8 Å². The maximum absolute atomic E-state index is 12.9. The Balaban J connectivity index is 1.65. The molecule has 1 aliphatic rings. The molecule has 2 amide bonds. The van der Waals surface area contributed by atoms with E-state index in [1.807, 2.05) is 48.5 Å². The summed E-state index contributed by atoms with van der Waals surface area (Å²) in [6.07, 6.45) is 3.86. The predicted octanol–water partition coefficient (Wildman–Crippen LogP) is 5.75. The molecule has 0 heterocycles. The Labute approximate surface area is 193 Å². The quantitative estimate of drug-likeness (QED) is 0.643. The van der Waals surface area contributed by atoms with Crippen LogP contribution >= 0.6 is 0 Å². The van der Waals surface area contributed by atoms with E-state index in [0.29, 0.717) is 11.1 Å². The number of carbonyl (C=O) groups excluding carboxylic acids is 2. The number of hydrogen-bond donors (Lipinski definition) is 2. The van der Waals surface area contributed by atoms with Crippen LogP contribution in [-0.4, -0.2) is 23.9 Å². The smallest absolute Gasteiger partial charge is 0.251 e. The van der Waals surface area contributed by atoms with Gasteiger partial charge in [0.25, 0.3) is 11.8 Å². The van der Waals surface area contributed by atoms with Crippen LogP contribution in [0.1, 0.15) is 99.1 Å². The highest BCUT2D eigenvalue weighted by Gasteiger charge is 2.28. The van der Waals surface area contributed by atoms with E-state index < -0.39 is 0 Å². The first-order valence-corrected chi connectivity index (χ1v) is 11.8. The summed E-state index contributed by atoms with van der Waals surface area (Å²) in [7, 11) is 0. The minimum atomic E-state index is -0.0776. The third-order valence-electron chi connectivity index (χ3n) is 6.43.